The summed E-state index contributed by atoms with van der Waals surface area (Å²) < 4.78 is 4.66. The van der Waals surface area contributed by atoms with Crippen molar-refractivity contribution in [3.05, 3.63) is 29.3 Å². The van der Waals surface area contributed by atoms with Crippen LogP contribution in [0.2, 0.25) is 0 Å². The van der Waals surface area contributed by atoms with Gasteiger partial charge in [0.15, 0.2) is 0 Å². The van der Waals surface area contributed by atoms with E-state index in [1.807, 2.05) is 12.1 Å². The third-order valence-corrected chi connectivity index (χ3v) is 4.49. The molecule has 0 saturated carbocycles. The number of carbonyl (C=O) groups is 3. The van der Waals surface area contributed by atoms with Crippen LogP contribution in [0, 0.1) is 0 Å². The van der Waals surface area contributed by atoms with E-state index < -0.39 is 12.0 Å². The van der Waals surface area contributed by atoms with Gasteiger partial charge in [0.1, 0.15) is 6.04 Å². The van der Waals surface area contributed by atoms with E-state index in [4.69, 9.17) is 0 Å². The molecule has 0 radical (unpaired) electrons. The lowest BCUT2D eigenvalue weighted by molar-refractivity contribution is -0.145. The van der Waals surface area contributed by atoms with Crippen LogP contribution in [0.25, 0.3) is 0 Å². The first-order valence-electron chi connectivity index (χ1n) is 8.13. The zero-order chi connectivity index (χ0) is 17.1. The number of piperazine rings is 1. The highest BCUT2D eigenvalue weighted by atomic mass is 16.5. The van der Waals surface area contributed by atoms with Crippen LogP contribution in [0.1, 0.15) is 28.8 Å². The van der Waals surface area contributed by atoms with Crippen LogP contribution in [0.4, 0.5) is 5.69 Å². The van der Waals surface area contributed by atoms with E-state index in [0.717, 1.165) is 30.6 Å². The maximum atomic E-state index is 13.1. The Bertz CT molecular complexity index is 674. The van der Waals surface area contributed by atoms with Gasteiger partial charge in [0, 0.05) is 19.6 Å². The number of esters is 1. The number of para-hydroxylation sites is 1. The Labute approximate surface area is 140 Å². The van der Waals surface area contributed by atoms with E-state index in [2.05, 4.69) is 15.4 Å². The maximum absolute atomic E-state index is 13.1. The zero-order valence-corrected chi connectivity index (χ0v) is 13.6. The van der Waals surface area contributed by atoms with E-state index in [1.54, 1.807) is 6.07 Å². The molecule has 2 heterocycles. The SMILES string of the molecule is COC(=O)C[C@@H]1C(=O)NCCN1C(=O)c1cccc2c1NCCC2. The molecule has 128 valence electrons. The van der Waals surface area contributed by atoms with Crippen molar-refractivity contribution in [3.8, 4) is 0 Å². The predicted molar refractivity (Wildman–Crippen MR) is 87.7 cm³/mol. The van der Waals surface area contributed by atoms with Crippen molar-refractivity contribution in [1.29, 1.82) is 0 Å². The smallest absolute Gasteiger partial charge is 0.308 e. The average Bonchev–Trinajstić information content (AvgIpc) is 2.62. The van der Waals surface area contributed by atoms with Gasteiger partial charge in [-0.15, -0.1) is 0 Å². The second-order valence-electron chi connectivity index (χ2n) is 5.96. The monoisotopic (exact) mass is 331 g/mol. The topological polar surface area (TPSA) is 87.7 Å². The van der Waals surface area contributed by atoms with Gasteiger partial charge >= 0.3 is 5.97 Å². The van der Waals surface area contributed by atoms with Gasteiger partial charge in [-0.2, -0.15) is 0 Å². The number of methoxy groups -OCH3 is 1. The second kappa shape index (κ2) is 6.90. The predicted octanol–water partition coefficient (Wildman–Crippen LogP) is 0.548. The Morgan fingerprint density at radius 2 is 2.12 bits per heavy atom. The van der Waals surface area contributed by atoms with Crippen LogP contribution in [0.5, 0.6) is 0 Å². The fourth-order valence-corrected chi connectivity index (χ4v) is 3.24. The summed E-state index contributed by atoms with van der Waals surface area (Å²) in [6, 6.07) is 4.80. The Hall–Kier alpha value is -2.57. The van der Waals surface area contributed by atoms with Crippen molar-refractivity contribution in [2.24, 2.45) is 0 Å². The zero-order valence-electron chi connectivity index (χ0n) is 13.6. The molecule has 2 N–H and O–H groups in total. The minimum Gasteiger partial charge on any atom is -0.469 e. The van der Waals surface area contributed by atoms with Crippen LogP contribution in [0.15, 0.2) is 18.2 Å². The third-order valence-electron chi connectivity index (χ3n) is 4.49. The van der Waals surface area contributed by atoms with Gasteiger partial charge in [0.05, 0.1) is 24.8 Å². The van der Waals surface area contributed by atoms with E-state index in [0.29, 0.717) is 18.7 Å². The summed E-state index contributed by atoms with van der Waals surface area (Å²) >= 11 is 0. The van der Waals surface area contributed by atoms with Crippen molar-refractivity contribution in [2.45, 2.75) is 25.3 Å². The summed E-state index contributed by atoms with van der Waals surface area (Å²) in [6.07, 6.45) is 1.81. The number of ether oxygens (including phenoxy) is 1. The van der Waals surface area contributed by atoms with Gasteiger partial charge in [0.25, 0.3) is 5.91 Å². The van der Waals surface area contributed by atoms with E-state index in [-0.39, 0.29) is 18.2 Å². The van der Waals surface area contributed by atoms with Crippen LogP contribution in [-0.4, -0.2) is 55.5 Å². The molecule has 1 fully saturated rings. The number of nitrogens with zero attached hydrogens (tertiary/aromatic N) is 1. The standard InChI is InChI=1S/C17H21N3O4/c1-24-14(21)10-13-16(22)19-8-9-20(13)17(23)12-6-2-4-11-5-3-7-18-15(11)12/h2,4,6,13,18H,3,5,7-10H2,1H3,(H,19,22)/t13-/m1/s1. The third kappa shape index (κ3) is 3.06. The van der Waals surface area contributed by atoms with Crippen molar-refractivity contribution < 1.29 is 19.1 Å². The largest absolute Gasteiger partial charge is 0.469 e. The molecule has 0 aromatic heterocycles. The molecular formula is C17H21N3O4. The number of amides is 2. The normalized spacial score (nSPS) is 19.8. The van der Waals surface area contributed by atoms with E-state index >= 15 is 0 Å². The molecule has 0 aliphatic carbocycles. The number of rotatable bonds is 3. The summed E-state index contributed by atoms with van der Waals surface area (Å²) in [6.45, 7) is 1.57. The van der Waals surface area contributed by atoms with Gasteiger partial charge in [-0.25, -0.2) is 0 Å². The van der Waals surface area contributed by atoms with Crippen LogP contribution >= 0.6 is 0 Å². The van der Waals surface area contributed by atoms with Gasteiger partial charge in [-0.1, -0.05) is 12.1 Å². The molecule has 2 aliphatic heterocycles. The molecule has 1 saturated heterocycles. The summed E-state index contributed by atoms with van der Waals surface area (Å²) in [5.41, 5.74) is 2.51. The Balaban J connectivity index is 1.90. The molecule has 1 aromatic rings. The maximum Gasteiger partial charge on any atom is 0.308 e. The molecule has 1 atom stereocenters. The lowest BCUT2D eigenvalue weighted by Gasteiger charge is -2.35. The van der Waals surface area contributed by atoms with E-state index in [1.165, 1.54) is 12.0 Å². The number of hydrogen-bond donors (Lipinski definition) is 2. The van der Waals surface area contributed by atoms with Crippen molar-refractivity contribution in [2.75, 3.05) is 32.1 Å². The lowest BCUT2D eigenvalue weighted by atomic mass is 9.97. The molecule has 3 rings (SSSR count). The molecule has 0 spiro atoms. The Morgan fingerprint density at radius 3 is 2.92 bits per heavy atom. The highest BCUT2D eigenvalue weighted by molar-refractivity contribution is 6.03. The second-order valence-corrected chi connectivity index (χ2v) is 5.96. The minimum absolute atomic E-state index is 0.142. The number of fused-ring (bicyclic) bond motifs is 1. The van der Waals surface area contributed by atoms with E-state index in [9.17, 15) is 14.4 Å². The van der Waals surface area contributed by atoms with Crippen molar-refractivity contribution in [3.63, 3.8) is 0 Å². The molecule has 0 unspecified atom stereocenters. The Kier molecular flexibility index (Phi) is 4.69. The molecule has 7 nitrogen and oxygen atoms in total. The highest BCUT2D eigenvalue weighted by Gasteiger charge is 2.36. The van der Waals surface area contributed by atoms with Crippen LogP contribution < -0.4 is 10.6 Å². The number of carbonyl (C=O) groups excluding carboxylic acids is 3. The Morgan fingerprint density at radius 1 is 1.29 bits per heavy atom. The quantitative estimate of drug-likeness (QED) is 0.790. The minimum atomic E-state index is -0.835. The summed E-state index contributed by atoms with van der Waals surface area (Å²) in [4.78, 5) is 38.3. The van der Waals surface area contributed by atoms with Gasteiger partial charge in [-0.05, 0) is 24.5 Å². The van der Waals surface area contributed by atoms with Gasteiger partial charge < -0.3 is 20.3 Å². The van der Waals surface area contributed by atoms with Gasteiger partial charge in [-0.3, -0.25) is 14.4 Å². The van der Waals surface area contributed by atoms with Crippen LogP contribution in [-0.2, 0) is 20.7 Å². The number of aryl methyl sites for hydroxylation is 1. The molecule has 2 amide bonds. The number of hydrogen-bond acceptors (Lipinski definition) is 5. The summed E-state index contributed by atoms with van der Waals surface area (Å²) in [5.74, 6) is -1.06. The fraction of sp³-hybridized carbons (Fsp3) is 0.471. The summed E-state index contributed by atoms with van der Waals surface area (Å²) in [7, 11) is 1.27. The van der Waals surface area contributed by atoms with Crippen LogP contribution in [0.3, 0.4) is 0 Å². The molecule has 2 aliphatic rings. The first kappa shape index (κ1) is 16.3. The van der Waals surface area contributed by atoms with Crippen molar-refractivity contribution in [1.82, 2.24) is 10.2 Å². The molecule has 0 bridgehead atoms. The van der Waals surface area contributed by atoms with Gasteiger partial charge in [0.2, 0.25) is 5.91 Å². The average molecular weight is 331 g/mol. The molecule has 7 heteroatoms. The number of anilines is 1. The first-order valence-corrected chi connectivity index (χ1v) is 8.13. The fourth-order valence-electron chi connectivity index (χ4n) is 3.24. The molecular weight excluding hydrogens is 310 g/mol. The first-order chi connectivity index (χ1) is 11.6. The highest BCUT2D eigenvalue weighted by Crippen LogP contribution is 2.28. The number of nitrogens with one attached hydrogen (secondary N) is 2. The number of benzene rings is 1. The molecule has 1 aromatic carbocycles. The molecule has 24 heavy (non-hydrogen) atoms. The summed E-state index contributed by atoms with van der Waals surface area (Å²) in [5, 5.41) is 5.99. The lowest BCUT2D eigenvalue weighted by Crippen LogP contribution is -2.58. The van der Waals surface area contributed by atoms with Crippen molar-refractivity contribution >= 4 is 23.5 Å².